The summed E-state index contributed by atoms with van der Waals surface area (Å²) in [6.45, 7) is 6.58. The number of pyridine rings is 1. The smallest absolute Gasteiger partial charge is 0.252 e. The van der Waals surface area contributed by atoms with E-state index in [1.807, 2.05) is 12.1 Å². The second kappa shape index (κ2) is 12.2. The number of hydrogen-bond donors (Lipinski definition) is 1. The van der Waals surface area contributed by atoms with Crippen LogP contribution in [0.15, 0.2) is 73.1 Å². The van der Waals surface area contributed by atoms with Crippen LogP contribution in [-0.4, -0.2) is 33.6 Å². The van der Waals surface area contributed by atoms with Gasteiger partial charge in [0.05, 0.1) is 23.2 Å². The lowest BCUT2D eigenvalue weighted by Crippen LogP contribution is -2.25. The van der Waals surface area contributed by atoms with E-state index in [1.54, 1.807) is 24.5 Å². The number of amides is 1. The molecule has 0 fully saturated rings. The van der Waals surface area contributed by atoms with E-state index in [9.17, 15) is 4.79 Å². The van der Waals surface area contributed by atoms with E-state index < -0.39 is 0 Å². The average Bonchev–Trinajstić information content (AvgIpc) is 3.24. The van der Waals surface area contributed by atoms with E-state index in [1.165, 1.54) is 5.56 Å². The van der Waals surface area contributed by atoms with Gasteiger partial charge < -0.3 is 14.6 Å². The zero-order valence-electron chi connectivity index (χ0n) is 20.6. The zero-order chi connectivity index (χ0) is 24.5. The average molecular weight is 471 g/mol. The van der Waals surface area contributed by atoms with Gasteiger partial charge in [-0.2, -0.15) is 0 Å². The topological polar surface area (TPSA) is 69.0 Å². The fourth-order valence-electron chi connectivity index (χ4n) is 4.26. The molecule has 0 saturated carbocycles. The molecule has 2 heterocycles. The number of benzene rings is 2. The van der Waals surface area contributed by atoms with Crippen molar-refractivity contribution in [2.75, 3.05) is 13.2 Å². The summed E-state index contributed by atoms with van der Waals surface area (Å²) in [5.74, 6) is 2.41. The van der Waals surface area contributed by atoms with Gasteiger partial charge in [-0.25, -0.2) is 4.98 Å². The Morgan fingerprint density at radius 1 is 1.00 bits per heavy atom. The third-order valence-electron chi connectivity index (χ3n) is 6.09. The number of aromatic nitrogens is 3. The van der Waals surface area contributed by atoms with Crippen molar-refractivity contribution < 1.29 is 9.53 Å². The number of nitrogens with zero attached hydrogens (tertiary/aromatic N) is 3. The van der Waals surface area contributed by atoms with Gasteiger partial charge in [0.1, 0.15) is 11.6 Å². The van der Waals surface area contributed by atoms with Crippen molar-refractivity contribution in [3.8, 4) is 5.75 Å². The standard InChI is InChI=1S/C29H34N4O2/c1-22(2)24-12-3-6-15-27(24)35-20-8-7-19-33-26-14-5-4-13-25(26)32-28(33)16-10-18-31-29(34)23-11-9-17-30-21-23/h3-6,9,11-15,17,21-22H,7-8,10,16,18-20H2,1-2H3,(H,31,34). The van der Waals surface area contributed by atoms with Crippen LogP contribution in [0, 0.1) is 0 Å². The van der Waals surface area contributed by atoms with Gasteiger partial charge in [0.15, 0.2) is 0 Å². The second-order valence-corrected chi connectivity index (χ2v) is 9.02. The fraction of sp³-hybridized carbons (Fsp3) is 0.345. The molecular formula is C29H34N4O2. The molecule has 4 rings (SSSR count). The molecule has 0 atom stereocenters. The van der Waals surface area contributed by atoms with Gasteiger partial charge >= 0.3 is 0 Å². The molecule has 1 N–H and O–H groups in total. The Labute approximate surface area is 207 Å². The lowest BCUT2D eigenvalue weighted by atomic mass is 10.0. The summed E-state index contributed by atoms with van der Waals surface area (Å²) < 4.78 is 8.42. The molecule has 182 valence electrons. The van der Waals surface area contributed by atoms with E-state index >= 15 is 0 Å². The Morgan fingerprint density at radius 3 is 2.66 bits per heavy atom. The third-order valence-corrected chi connectivity index (χ3v) is 6.09. The molecule has 0 bridgehead atoms. The number of para-hydroxylation sites is 3. The molecular weight excluding hydrogens is 436 g/mol. The van der Waals surface area contributed by atoms with Crippen molar-refractivity contribution in [2.45, 2.75) is 52.0 Å². The summed E-state index contributed by atoms with van der Waals surface area (Å²) in [7, 11) is 0. The van der Waals surface area contributed by atoms with Crippen LogP contribution in [0.5, 0.6) is 5.75 Å². The first-order valence-corrected chi connectivity index (χ1v) is 12.5. The van der Waals surface area contributed by atoms with Crippen LogP contribution in [0.2, 0.25) is 0 Å². The maximum atomic E-state index is 12.2. The van der Waals surface area contributed by atoms with Gasteiger partial charge in [-0.05, 0) is 61.1 Å². The van der Waals surface area contributed by atoms with Crippen molar-refractivity contribution >= 4 is 16.9 Å². The Bertz CT molecular complexity index is 1230. The van der Waals surface area contributed by atoms with Gasteiger partial charge in [-0.1, -0.05) is 44.2 Å². The molecule has 0 aliphatic rings. The van der Waals surface area contributed by atoms with Crippen LogP contribution in [0.25, 0.3) is 11.0 Å². The van der Waals surface area contributed by atoms with Crippen LogP contribution in [0.3, 0.4) is 0 Å². The van der Waals surface area contributed by atoms with Crippen molar-refractivity contribution in [1.29, 1.82) is 0 Å². The first-order chi connectivity index (χ1) is 17.1. The van der Waals surface area contributed by atoms with Crippen LogP contribution in [0.1, 0.15) is 60.8 Å². The SMILES string of the molecule is CC(C)c1ccccc1OCCCCn1c(CCCNC(=O)c2cccnc2)nc2ccccc21. The van der Waals surface area contributed by atoms with E-state index in [4.69, 9.17) is 9.72 Å². The number of carbonyl (C=O) groups is 1. The number of imidazole rings is 1. The molecule has 0 aliphatic carbocycles. The van der Waals surface area contributed by atoms with Gasteiger partial charge in [0, 0.05) is 31.9 Å². The molecule has 2 aromatic heterocycles. The van der Waals surface area contributed by atoms with E-state index in [-0.39, 0.29) is 5.91 Å². The van der Waals surface area contributed by atoms with Crippen LogP contribution in [-0.2, 0) is 13.0 Å². The molecule has 2 aromatic carbocycles. The Balaban J connectivity index is 1.30. The predicted octanol–water partition coefficient (Wildman–Crippen LogP) is 5.78. The van der Waals surface area contributed by atoms with Crippen molar-refractivity contribution in [3.05, 3.63) is 90.0 Å². The van der Waals surface area contributed by atoms with Gasteiger partial charge in [-0.3, -0.25) is 9.78 Å². The lowest BCUT2D eigenvalue weighted by molar-refractivity contribution is 0.0952. The monoisotopic (exact) mass is 470 g/mol. The number of fused-ring (bicyclic) bond motifs is 1. The Morgan fingerprint density at radius 2 is 1.83 bits per heavy atom. The van der Waals surface area contributed by atoms with E-state index in [0.29, 0.717) is 24.6 Å². The Kier molecular flexibility index (Phi) is 8.49. The summed E-state index contributed by atoms with van der Waals surface area (Å²) in [5, 5.41) is 2.98. The van der Waals surface area contributed by atoms with Crippen LogP contribution >= 0.6 is 0 Å². The second-order valence-electron chi connectivity index (χ2n) is 9.02. The highest BCUT2D eigenvalue weighted by molar-refractivity contribution is 5.93. The molecule has 0 spiro atoms. The van der Waals surface area contributed by atoms with Crippen molar-refractivity contribution in [1.82, 2.24) is 19.9 Å². The maximum absolute atomic E-state index is 12.2. The predicted molar refractivity (Wildman–Crippen MR) is 140 cm³/mol. The molecule has 1 amide bonds. The molecule has 0 radical (unpaired) electrons. The van der Waals surface area contributed by atoms with E-state index in [2.05, 4.69) is 65.1 Å². The fourth-order valence-corrected chi connectivity index (χ4v) is 4.26. The summed E-state index contributed by atoms with van der Waals surface area (Å²) in [4.78, 5) is 21.1. The Hall–Kier alpha value is -3.67. The highest BCUT2D eigenvalue weighted by atomic mass is 16.5. The third kappa shape index (κ3) is 6.47. The number of unbranched alkanes of at least 4 members (excludes halogenated alkanes) is 1. The molecule has 6 heteroatoms. The van der Waals surface area contributed by atoms with E-state index in [0.717, 1.165) is 54.8 Å². The number of hydrogen-bond acceptors (Lipinski definition) is 4. The highest BCUT2D eigenvalue weighted by Crippen LogP contribution is 2.26. The minimum absolute atomic E-state index is 0.0920. The van der Waals surface area contributed by atoms with Gasteiger partial charge in [0.2, 0.25) is 0 Å². The number of carbonyl (C=O) groups excluding carboxylic acids is 1. The lowest BCUT2D eigenvalue weighted by Gasteiger charge is -2.14. The molecule has 0 unspecified atom stereocenters. The normalized spacial score (nSPS) is 11.2. The van der Waals surface area contributed by atoms with Gasteiger partial charge in [0.25, 0.3) is 5.91 Å². The van der Waals surface area contributed by atoms with Gasteiger partial charge in [-0.15, -0.1) is 0 Å². The summed E-state index contributed by atoms with van der Waals surface area (Å²) >= 11 is 0. The zero-order valence-corrected chi connectivity index (χ0v) is 20.6. The first kappa shape index (κ1) is 24.5. The number of rotatable bonds is 12. The maximum Gasteiger partial charge on any atom is 0.252 e. The summed E-state index contributed by atoms with van der Waals surface area (Å²) in [6, 6.07) is 20.1. The minimum atomic E-state index is -0.0920. The van der Waals surface area contributed by atoms with Crippen LogP contribution in [0.4, 0.5) is 0 Å². The largest absolute Gasteiger partial charge is 0.493 e. The van der Waals surface area contributed by atoms with Crippen molar-refractivity contribution in [2.24, 2.45) is 0 Å². The molecule has 35 heavy (non-hydrogen) atoms. The molecule has 0 aliphatic heterocycles. The molecule has 6 nitrogen and oxygen atoms in total. The molecule has 4 aromatic rings. The summed E-state index contributed by atoms with van der Waals surface area (Å²) in [6.07, 6.45) is 6.86. The van der Waals surface area contributed by atoms with Crippen molar-refractivity contribution in [3.63, 3.8) is 0 Å². The van der Waals surface area contributed by atoms with Crippen LogP contribution < -0.4 is 10.1 Å². The first-order valence-electron chi connectivity index (χ1n) is 12.5. The minimum Gasteiger partial charge on any atom is -0.493 e. The highest BCUT2D eigenvalue weighted by Gasteiger charge is 2.11. The number of aryl methyl sites for hydroxylation is 2. The molecule has 0 saturated heterocycles. The number of nitrogens with one attached hydrogen (secondary N) is 1. The summed E-state index contributed by atoms with van der Waals surface area (Å²) in [5.41, 5.74) is 4.01. The quantitative estimate of drug-likeness (QED) is 0.267. The number of ether oxygens (including phenoxy) is 1.